The van der Waals surface area contributed by atoms with Crippen molar-refractivity contribution in [3.63, 3.8) is 0 Å². The summed E-state index contributed by atoms with van der Waals surface area (Å²) in [7, 11) is 0. The van der Waals surface area contributed by atoms with Gasteiger partial charge in [-0.1, -0.05) is 27.5 Å². The average Bonchev–Trinajstić information content (AvgIpc) is 2.09. The van der Waals surface area contributed by atoms with Gasteiger partial charge < -0.3 is 4.74 Å². The minimum Gasteiger partial charge on any atom is -0.480 e. The van der Waals surface area contributed by atoms with Crippen LogP contribution in [-0.2, 0) is 4.79 Å². The van der Waals surface area contributed by atoms with E-state index in [1.807, 2.05) is 0 Å². The lowest BCUT2D eigenvalue weighted by Gasteiger charge is -2.11. The molecule has 1 atom stereocenters. The maximum atomic E-state index is 10.7. The minimum absolute atomic E-state index is 0.434. The predicted molar refractivity (Wildman–Crippen MR) is 60.1 cm³/mol. The van der Waals surface area contributed by atoms with Gasteiger partial charge in [0, 0.05) is 4.47 Å². The summed E-state index contributed by atoms with van der Waals surface area (Å²) in [6.07, 6.45) is -0.699. The van der Waals surface area contributed by atoms with Crippen molar-refractivity contribution in [3.8, 4) is 5.75 Å². The average molecular weight is 298 g/mol. The van der Waals surface area contributed by atoms with Crippen LogP contribution in [0.3, 0.4) is 0 Å². The molecule has 0 saturated carbocycles. The maximum absolute atomic E-state index is 10.7. The van der Waals surface area contributed by atoms with Gasteiger partial charge in [0.1, 0.15) is 5.75 Å². The van der Waals surface area contributed by atoms with Crippen LogP contribution in [0.25, 0.3) is 0 Å². The van der Waals surface area contributed by atoms with Crippen LogP contribution in [-0.4, -0.2) is 11.3 Å². The molecular weight excluding hydrogens is 291 g/mol. The highest BCUT2D eigenvalue weighted by molar-refractivity contribution is 9.10. The van der Waals surface area contributed by atoms with Gasteiger partial charge in [-0.15, -0.1) is 0 Å². The first kappa shape index (κ1) is 11.8. The standard InChI is InChI=1S/C9H7BrCl2O2/c1-5(9(12)13)14-8-3-2-6(10)4-7(8)11/h2-5H,1H3/t5-/m1/s1. The first-order valence-corrected chi connectivity index (χ1v) is 5.36. The summed E-state index contributed by atoms with van der Waals surface area (Å²) in [5.41, 5.74) is 0. The summed E-state index contributed by atoms with van der Waals surface area (Å²) in [5.74, 6) is 0.441. The summed E-state index contributed by atoms with van der Waals surface area (Å²) < 4.78 is 6.07. The molecule has 0 aromatic heterocycles. The molecule has 1 rings (SSSR count). The number of ether oxygens (including phenoxy) is 1. The molecule has 0 aliphatic rings. The van der Waals surface area contributed by atoms with E-state index in [2.05, 4.69) is 15.9 Å². The summed E-state index contributed by atoms with van der Waals surface area (Å²) in [6, 6.07) is 5.12. The fourth-order valence-electron chi connectivity index (χ4n) is 0.808. The topological polar surface area (TPSA) is 26.3 Å². The van der Waals surface area contributed by atoms with Crippen molar-refractivity contribution >= 4 is 44.4 Å². The Kier molecular flexibility index (Phi) is 4.23. The molecule has 1 aromatic carbocycles. The molecule has 0 aliphatic carbocycles. The second-order valence-electron chi connectivity index (χ2n) is 2.64. The van der Waals surface area contributed by atoms with E-state index in [1.54, 1.807) is 25.1 Å². The molecular formula is C9H7BrCl2O2. The fourth-order valence-corrected chi connectivity index (χ4v) is 1.57. The van der Waals surface area contributed by atoms with Gasteiger partial charge in [-0.3, -0.25) is 4.79 Å². The third-order valence-corrected chi connectivity index (χ3v) is 2.61. The molecule has 0 unspecified atom stereocenters. The van der Waals surface area contributed by atoms with Crippen molar-refractivity contribution < 1.29 is 9.53 Å². The van der Waals surface area contributed by atoms with Crippen molar-refractivity contribution in [2.75, 3.05) is 0 Å². The molecule has 14 heavy (non-hydrogen) atoms. The monoisotopic (exact) mass is 296 g/mol. The lowest BCUT2D eigenvalue weighted by atomic mass is 10.3. The SMILES string of the molecule is C[C@@H](Oc1ccc(Br)cc1Cl)C(=O)Cl. The van der Waals surface area contributed by atoms with E-state index in [1.165, 1.54) is 0 Å². The highest BCUT2D eigenvalue weighted by Gasteiger charge is 2.13. The number of benzene rings is 1. The first-order valence-electron chi connectivity index (χ1n) is 3.81. The van der Waals surface area contributed by atoms with Crippen LogP contribution in [0.1, 0.15) is 6.92 Å². The summed E-state index contributed by atoms with van der Waals surface area (Å²) in [5, 5.41) is -0.117. The van der Waals surface area contributed by atoms with Crippen LogP contribution in [0.15, 0.2) is 22.7 Å². The lowest BCUT2D eigenvalue weighted by Crippen LogP contribution is -2.18. The van der Waals surface area contributed by atoms with Crippen molar-refractivity contribution in [1.29, 1.82) is 0 Å². The molecule has 5 heteroatoms. The van der Waals surface area contributed by atoms with Crippen LogP contribution < -0.4 is 4.74 Å². The zero-order valence-electron chi connectivity index (χ0n) is 7.26. The fraction of sp³-hybridized carbons (Fsp3) is 0.222. The Morgan fingerprint density at radius 3 is 2.71 bits per heavy atom. The minimum atomic E-state index is -0.699. The van der Waals surface area contributed by atoms with E-state index in [4.69, 9.17) is 27.9 Å². The van der Waals surface area contributed by atoms with E-state index in [0.29, 0.717) is 10.8 Å². The molecule has 0 spiro atoms. The molecule has 2 nitrogen and oxygen atoms in total. The third-order valence-electron chi connectivity index (χ3n) is 1.52. The van der Waals surface area contributed by atoms with Crippen LogP contribution >= 0.6 is 39.1 Å². The van der Waals surface area contributed by atoms with Crippen LogP contribution in [0, 0.1) is 0 Å². The summed E-state index contributed by atoms with van der Waals surface area (Å²) >= 11 is 14.4. The number of carbonyl (C=O) groups excluding carboxylic acids is 1. The molecule has 0 heterocycles. The quantitative estimate of drug-likeness (QED) is 0.796. The molecule has 1 aromatic rings. The zero-order chi connectivity index (χ0) is 10.7. The normalized spacial score (nSPS) is 12.3. The Morgan fingerprint density at radius 2 is 2.21 bits per heavy atom. The zero-order valence-corrected chi connectivity index (χ0v) is 10.4. The van der Waals surface area contributed by atoms with Gasteiger partial charge in [0.2, 0.25) is 0 Å². The van der Waals surface area contributed by atoms with Crippen LogP contribution in [0.4, 0.5) is 0 Å². The van der Waals surface area contributed by atoms with Gasteiger partial charge in [0.25, 0.3) is 5.24 Å². The largest absolute Gasteiger partial charge is 0.480 e. The number of carbonyl (C=O) groups is 1. The molecule has 0 amide bonds. The van der Waals surface area contributed by atoms with Crippen LogP contribution in [0.5, 0.6) is 5.75 Å². The molecule has 0 fully saturated rings. The molecule has 0 bridgehead atoms. The smallest absolute Gasteiger partial charge is 0.262 e. The first-order chi connectivity index (χ1) is 6.50. The summed E-state index contributed by atoms with van der Waals surface area (Å²) in [6.45, 7) is 1.56. The van der Waals surface area contributed by atoms with Gasteiger partial charge in [-0.2, -0.15) is 0 Å². The van der Waals surface area contributed by atoms with Gasteiger partial charge in [-0.25, -0.2) is 0 Å². The lowest BCUT2D eigenvalue weighted by molar-refractivity contribution is -0.117. The number of hydrogen-bond donors (Lipinski definition) is 0. The van der Waals surface area contributed by atoms with E-state index < -0.39 is 11.3 Å². The number of rotatable bonds is 3. The van der Waals surface area contributed by atoms with Crippen molar-refractivity contribution in [2.24, 2.45) is 0 Å². The molecule has 76 valence electrons. The van der Waals surface area contributed by atoms with E-state index >= 15 is 0 Å². The number of halogens is 3. The van der Waals surface area contributed by atoms with Crippen molar-refractivity contribution in [2.45, 2.75) is 13.0 Å². The predicted octanol–water partition coefficient (Wildman–Crippen LogP) is 3.64. The van der Waals surface area contributed by atoms with Crippen LogP contribution in [0.2, 0.25) is 5.02 Å². The Labute approximate surface area is 100 Å². The Bertz CT molecular complexity index is 355. The highest BCUT2D eigenvalue weighted by Crippen LogP contribution is 2.28. The third kappa shape index (κ3) is 3.15. The second kappa shape index (κ2) is 5.01. The van der Waals surface area contributed by atoms with Crippen molar-refractivity contribution in [3.05, 3.63) is 27.7 Å². The van der Waals surface area contributed by atoms with E-state index in [9.17, 15) is 4.79 Å². The second-order valence-corrected chi connectivity index (χ2v) is 4.33. The summed E-state index contributed by atoms with van der Waals surface area (Å²) in [4.78, 5) is 10.7. The Balaban J connectivity index is 2.82. The molecule has 0 saturated heterocycles. The Hall–Kier alpha value is -0.250. The van der Waals surface area contributed by atoms with Gasteiger partial charge in [-0.05, 0) is 36.7 Å². The number of hydrogen-bond acceptors (Lipinski definition) is 2. The van der Waals surface area contributed by atoms with Crippen molar-refractivity contribution in [1.82, 2.24) is 0 Å². The van der Waals surface area contributed by atoms with Gasteiger partial charge in [0.15, 0.2) is 6.10 Å². The van der Waals surface area contributed by atoms with Gasteiger partial charge in [0.05, 0.1) is 5.02 Å². The Morgan fingerprint density at radius 1 is 1.57 bits per heavy atom. The molecule has 0 N–H and O–H groups in total. The molecule has 0 radical (unpaired) electrons. The molecule has 0 aliphatic heterocycles. The van der Waals surface area contributed by atoms with E-state index in [0.717, 1.165) is 4.47 Å². The van der Waals surface area contributed by atoms with Gasteiger partial charge >= 0.3 is 0 Å². The highest BCUT2D eigenvalue weighted by atomic mass is 79.9. The maximum Gasteiger partial charge on any atom is 0.262 e. The van der Waals surface area contributed by atoms with E-state index in [-0.39, 0.29) is 0 Å².